The summed E-state index contributed by atoms with van der Waals surface area (Å²) in [5, 5.41) is 51.0. The first kappa shape index (κ1) is 58.0. The van der Waals surface area contributed by atoms with Crippen molar-refractivity contribution in [3.8, 4) is 0 Å². The quantitative estimate of drug-likeness (QED) is 0.0258. The average molecular weight is 1010 g/mol. The zero-order valence-corrected chi connectivity index (χ0v) is 43.1. The van der Waals surface area contributed by atoms with Gasteiger partial charge in [0.15, 0.2) is 23.7 Å². The zero-order valence-electron chi connectivity index (χ0n) is 43.1. The molecule has 0 unspecified atom stereocenters. The molecule has 0 aromatic heterocycles. The summed E-state index contributed by atoms with van der Waals surface area (Å²) in [7, 11) is 0. The standard InChI is InChI=1S/C28H37FO7.C26H44O9/c1-6-23(33)35-15-22(32)28(36-24(34)7-2)16(3)12-20-19-9-8-17-13-18(30)10-11-25(17,4)27(19,29)21(31)14-26(20,28)5;1-16(13-23(30)33-11-9-7-5-4-6-8-10-22(28)29)12-20-25(32)24(31)19(15-34-20)14-21-26(35-21)17(2)18(3)27/h10-11,13,16,19-21,31H,6-9,12,14-15H2,1-5H3;13,17-21,24-27,31-32H,4-12,14-15H2,1-3H3,(H,28,29)/b;16-13+/t16-,19-,20-,21-,25-,26-,27-,28-;17-,18-,19-,20-,21-,24+,25-,26-/m00/s1. The minimum atomic E-state index is -2.05. The molecule has 16 nitrogen and oxygen atoms in total. The maximum Gasteiger partial charge on any atom is 0.330 e. The molecule has 6 aliphatic rings. The van der Waals surface area contributed by atoms with Gasteiger partial charge < -0.3 is 49.2 Å². The van der Waals surface area contributed by atoms with E-state index >= 15 is 4.39 Å². The maximum atomic E-state index is 17.4. The van der Waals surface area contributed by atoms with E-state index in [-0.39, 0.29) is 61.4 Å². The molecule has 5 fully saturated rings. The fraction of sp³-hybridized carbons (Fsp3) is 0.778. The molecule has 71 heavy (non-hydrogen) atoms. The predicted molar refractivity (Wildman–Crippen MR) is 257 cm³/mol. The molecule has 0 aromatic carbocycles. The Morgan fingerprint density at radius 1 is 0.930 bits per heavy atom. The van der Waals surface area contributed by atoms with Gasteiger partial charge >= 0.3 is 23.9 Å². The molecule has 0 aromatic rings. The first-order valence-corrected chi connectivity index (χ1v) is 26.0. The number of ketones is 2. The number of carboxylic acids is 1. The van der Waals surface area contributed by atoms with E-state index in [1.54, 1.807) is 47.6 Å². The highest BCUT2D eigenvalue weighted by Crippen LogP contribution is 2.71. The highest BCUT2D eigenvalue weighted by Gasteiger charge is 2.77. The molecule has 0 radical (unpaired) electrons. The second-order valence-electron chi connectivity index (χ2n) is 21.6. The summed E-state index contributed by atoms with van der Waals surface area (Å²) < 4.78 is 45.2. The maximum absolute atomic E-state index is 17.4. The summed E-state index contributed by atoms with van der Waals surface area (Å²) >= 11 is 0. The van der Waals surface area contributed by atoms with Gasteiger partial charge in [0, 0.05) is 59.8 Å². The van der Waals surface area contributed by atoms with Crippen molar-refractivity contribution in [2.45, 2.75) is 206 Å². The van der Waals surface area contributed by atoms with Crippen LogP contribution in [-0.4, -0.2) is 135 Å². The molecular weight excluding hydrogens is 924 g/mol. The van der Waals surface area contributed by atoms with Gasteiger partial charge in [-0.25, -0.2) is 9.18 Å². The van der Waals surface area contributed by atoms with Gasteiger partial charge in [-0.3, -0.25) is 24.0 Å². The largest absolute Gasteiger partial charge is 0.481 e. The van der Waals surface area contributed by atoms with E-state index in [1.165, 1.54) is 18.2 Å². The Bertz CT molecular complexity index is 2020. The molecule has 16 atom stereocenters. The fourth-order valence-corrected chi connectivity index (χ4v) is 12.6. The van der Waals surface area contributed by atoms with E-state index in [9.17, 15) is 49.2 Å². The number of aliphatic carboxylic acids is 1. The molecule has 2 heterocycles. The Balaban J connectivity index is 0.000000264. The minimum absolute atomic E-state index is 0.0160. The number of epoxide rings is 1. The van der Waals surface area contributed by atoms with E-state index in [0.717, 1.165) is 32.1 Å². The number of carbonyl (C=O) groups excluding carboxylic acids is 5. The molecule has 0 spiro atoms. The van der Waals surface area contributed by atoms with E-state index in [1.807, 2.05) is 13.8 Å². The molecule has 4 aliphatic carbocycles. The zero-order chi connectivity index (χ0) is 52.6. The van der Waals surface area contributed by atoms with Crippen LogP contribution >= 0.6 is 0 Å². The van der Waals surface area contributed by atoms with Gasteiger partial charge in [-0.15, -0.1) is 0 Å². The first-order valence-electron chi connectivity index (χ1n) is 26.0. The lowest BCUT2D eigenvalue weighted by Crippen LogP contribution is -2.70. The summed E-state index contributed by atoms with van der Waals surface area (Å²) in [6.45, 7) is 14.1. The number of halogens is 1. The molecule has 3 saturated carbocycles. The molecule has 6 rings (SSSR count). The summed E-state index contributed by atoms with van der Waals surface area (Å²) in [6.07, 6.45) is 8.93. The predicted octanol–water partition coefficient (Wildman–Crippen LogP) is 6.41. The Kier molecular flexibility index (Phi) is 20.0. The number of unbranched alkanes of at least 4 members (excludes halogenated alkanes) is 5. The second-order valence-corrected chi connectivity index (χ2v) is 21.6. The van der Waals surface area contributed by atoms with Crippen LogP contribution < -0.4 is 0 Å². The van der Waals surface area contributed by atoms with Crippen molar-refractivity contribution in [3.63, 3.8) is 0 Å². The summed E-state index contributed by atoms with van der Waals surface area (Å²) in [4.78, 5) is 72.8. The molecule has 17 heteroatoms. The Morgan fingerprint density at radius 3 is 2.24 bits per heavy atom. The van der Waals surface area contributed by atoms with E-state index in [4.69, 9.17) is 28.8 Å². The van der Waals surface area contributed by atoms with Gasteiger partial charge in [-0.2, -0.15) is 0 Å². The van der Waals surface area contributed by atoms with Crippen molar-refractivity contribution in [3.05, 3.63) is 35.5 Å². The number of hydrogen-bond acceptors (Lipinski definition) is 15. The van der Waals surface area contributed by atoms with Gasteiger partial charge in [0.1, 0.15) is 6.10 Å². The van der Waals surface area contributed by atoms with Crippen LogP contribution in [0.2, 0.25) is 0 Å². The number of carboxylic acid groups (broad SMARTS) is 1. The summed E-state index contributed by atoms with van der Waals surface area (Å²) in [6, 6.07) is 0. The molecule has 2 aliphatic heterocycles. The highest BCUT2D eigenvalue weighted by molar-refractivity contribution is 6.01. The van der Waals surface area contributed by atoms with Crippen molar-refractivity contribution < 1.29 is 82.4 Å². The summed E-state index contributed by atoms with van der Waals surface area (Å²) in [5.74, 6) is -4.73. The number of Topliss-reactive ketones (excluding diaryl/α,β-unsaturated/α-hetero) is 1. The van der Waals surface area contributed by atoms with Gasteiger partial charge in [0.2, 0.25) is 5.78 Å². The lowest BCUT2D eigenvalue weighted by Gasteiger charge is -2.62. The number of aliphatic hydroxyl groups excluding tert-OH is 4. The number of alkyl halides is 1. The van der Waals surface area contributed by atoms with Gasteiger partial charge in [-0.1, -0.05) is 77.5 Å². The second kappa shape index (κ2) is 24.4. The third-order valence-corrected chi connectivity index (χ3v) is 16.9. The van der Waals surface area contributed by atoms with Crippen molar-refractivity contribution >= 4 is 35.4 Å². The Labute approximate surface area is 418 Å². The third-order valence-electron chi connectivity index (χ3n) is 16.9. The minimum Gasteiger partial charge on any atom is -0.481 e. The number of carbonyl (C=O) groups is 6. The van der Waals surface area contributed by atoms with Crippen LogP contribution in [0, 0.1) is 40.4 Å². The van der Waals surface area contributed by atoms with Gasteiger partial charge in [0.25, 0.3) is 0 Å². The Hall–Kier alpha value is -3.87. The lowest BCUT2D eigenvalue weighted by molar-refractivity contribution is -0.228. The molecule has 5 N–H and O–H groups in total. The van der Waals surface area contributed by atoms with Crippen LogP contribution in [0.4, 0.5) is 4.39 Å². The molecule has 0 amide bonds. The molecule has 2 saturated heterocycles. The number of allylic oxidation sites excluding steroid dienone is 4. The van der Waals surface area contributed by atoms with Crippen LogP contribution in [0.3, 0.4) is 0 Å². The first-order chi connectivity index (χ1) is 33.4. The fourth-order valence-electron chi connectivity index (χ4n) is 12.6. The Morgan fingerprint density at radius 2 is 1.59 bits per heavy atom. The molecular formula is C54H81FO16. The number of rotatable bonds is 22. The molecule has 400 valence electrons. The average Bonchev–Trinajstić information content (AvgIpc) is 4.05. The van der Waals surface area contributed by atoms with E-state index < -0.39 is 101 Å². The lowest BCUT2D eigenvalue weighted by atomic mass is 9.44. The van der Waals surface area contributed by atoms with E-state index in [2.05, 4.69) is 0 Å². The van der Waals surface area contributed by atoms with Crippen molar-refractivity contribution in [1.82, 2.24) is 0 Å². The topological polar surface area (TPSA) is 253 Å². The van der Waals surface area contributed by atoms with Crippen LogP contribution in [0.15, 0.2) is 35.5 Å². The smallest absolute Gasteiger partial charge is 0.330 e. The monoisotopic (exact) mass is 1000 g/mol. The highest BCUT2D eigenvalue weighted by atomic mass is 19.1. The van der Waals surface area contributed by atoms with Crippen molar-refractivity contribution in [1.29, 1.82) is 0 Å². The number of esters is 3. The van der Waals surface area contributed by atoms with Crippen molar-refractivity contribution in [2.24, 2.45) is 40.4 Å². The van der Waals surface area contributed by atoms with Crippen LogP contribution in [-0.2, 0) is 52.5 Å². The third kappa shape index (κ3) is 12.6. The van der Waals surface area contributed by atoms with Gasteiger partial charge in [0.05, 0.1) is 49.8 Å². The number of aliphatic hydroxyl groups is 4. The van der Waals surface area contributed by atoms with Crippen LogP contribution in [0.5, 0.6) is 0 Å². The number of hydrogen-bond donors (Lipinski definition) is 5. The van der Waals surface area contributed by atoms with Crippen LogP contribution in [0.1, 0.15) is 152 Å². The molecule has 0 bridgehead atoms. The SMILES string of the molecule is C/C(=C\C(=O)OCCCCCCCCC(=O)O)C[C@@H]1OC[C@H](C[C@@H]2O[C@H]2[C@@H](C)[C@H](C)O)[C@@H](O)[C@H]1O.CCC(=O)OCC(=O)[C@@]1(OC(=O)CC)[C@@H](C)C[C@H]2[C@@H]3CCC4=CC(=O)C=C[C@]4(C)[C@@]3(F)[C@@H](O)C[C@@]21C. The summed E-state index contributed by atoms with van der Waals surface area (Å²) in [5.41, 5.74) is -4.55. The normalized spacial score (nSPS) is 36.9. The van der Waals surface area contributed by atoms with Crippen LogP contribution in [0.25, 0.3) is 0 Å². The number of fused-ring (bicyclic) bond motifs is 5. The van der Waals surface area contributed by atoms with Crippen molar-refractivity contribution in [2.75, 3.05) is 19.8 Å². The number of ether oxygens (including phenoxy) is 5. The van der Waals surface area contributed by atoms with E-state index in [0.29, 0.717) is 62.9 Å². The van der Waals surface area contributed by atoms with Gasteiger partial charge in [-0.05, 0) is 90.2 Å².